The molecule has 5 heteroatoms. The summed E-state index contributed by atoms with van der Waals surface area (Å²) in [6.45, 7) is 0.339. The molecule has 0 aliphatic carbocycles. The van der Waals surface area contributed by atoms with Gasteiger partial charge in [-0.1, -0.05) is 30.3 Å². The molecule has 2 rings (SSSR count). The summed E-state index contributed by atoms with van der Waals surface area (Å²) in [5.41, 5.74) is 1.26. The topological polar surface area (TPSA) is 63.6 Å². The normalized spacial score (nSPS) is 11.8. The van der Waals surface area contributed by atoms with E-state index in [-0.39, 0.29) is 5.56 Å². The summed E-state index contributed by atoms with van der Waals surface area (Å²) in [6.07, 6.45) is 0. The Balaban J connectivity index is 1.76. The summed E-state index contributed by atoms with van der Waals surface area (Å²) in [6, 6.07) is 15.8. The average molecular weight is 304 g/mol. The lowest BCUT2D eigenvalue weighted by Gasteiger charge is -2.06. The van der Waals surface area contributed by atoms with E-state index in [0.29, 0.717) is 23.9 Å². The summed E-state index contributed by atoms with van der Waals surface area (Å²) in [4.78, 5) is 10.7. The van der Waals surface area contributed by atoms with Crippen molar-refractivity contribution in [2.24, 2.45) is 0 Å². The van der Waals surface area contributed by atoms with Gasteiger partial charge < -0.3 is 9.84 Å². The van der Waals surface area contributed by atoms with Crippen LogP contribution in [0.1, 0.15) is 15.9 Å². The second-order valence-corrected chi connectivity index (χ2v) is 6.03. The highest BCUT2D eigenvalue weighted by molar-refractivity contribution is 7.84. The van der Waals surface area contributed by atoms with Crippen LogP contribution in [0.4, 0.5) is 0 Å². The van der Waals surface area contributed by atoms with Crippen LogP contribution in [0, 0.1) is 0 Å². The van der Waals surface area contributed by atoms with Crippen molar-refractivity contribution >= 4 is 16.8 Å². The van der Waals surface area contributed by atoms with Crippen LogP contribution in [-0.2, 0) is 16.6 Å². The Morgan fingerprint density at radius 2 is 1.71 bits per heavy atom. The van der Waals surface area contributed by atoms with Crippen molar-refractivity contribution in [3.63, 3.8) is 0 Å². The van der Waals surface area contributed by atoms with Crippen LogP contribution in [-0.4, -0.2) is 27.6 Å². The second kappa shape index (κ2) is 7.59. The standard InChI is InChI=1S/C16H16O4S/c17-16(18)14-6-8-15(9-7-14)20-10-11-21(19)12-13-4-2-1-3-5-13/h1-9H,10-12H2,(H,17,18). The van der Waals surface area contributed by atoms with Gasteiger partial charge in [0.25, 0.3) is 0 Å². The molecular formula is C16H16O4S. The fraction of sp³-hybridized carbons (Fsp3) is 0.188. The molecule has 0 spiro atoms. The number of hydrogen-bond donors (Lipinski definition) is 1. The molecule has 21 heavy (non-hydrogen) atoms. The van der Waals surface area contributed by atoms with Crippen molar-refractivity contribution in [2.45, 2.75) is 5.75 Å². The highest BCUT2D eigenvalue weighted by Gasteiger charge is 2.04. The zero-order chi connectivity index (χ0) is 15.1. The predicted octanol–water partition coefficient (Wildman–Crippen LogP) is 2.71. The van der Waals surface area contributed by atoms with E-state index in [9.17, 15) is 9.00 Å². The Hall–Kier alpha value is -2.14. The molecule has 0 aliphatic rings. The van der Waals surface area contributed by atoms with Crippen molar-refractivity contribution in [2.75, 3.05) is 12.4 Å². The fourth-order valence-corrected chi connectivity index (χ4v) is 2.76. The second-order valence-electron chi connectivity index (χ2n) is 4.45. The minimum Gasteiger partial charge on any atom is -0.493 e. The molecule has 0 amide bonds. The Morgan fingerprint density at radius 1 is 1.05 bits per heavy atom. The third-order valence-corrected chi connectivity index (χ3v) is 4.13. The molecule has 0 aliphatic heterocycles. The first-order valence-electron chi connectivity index (χ1n) is 6.50. The molecule has 0 radical (unpaired) electrons. The van der Waals surface area contributed by atoms with Crippen LogP contribution < -0.4 is 4.74 Å². The van der Waals surface area contributed by atoms with Crippen LogP contribution in [0.25, 0.3) is 0 Å². The van der Waals surface area contributed by atoms with Gasteiger partial charge in [0.05, 0.1) is 17.9 Å². The molecule has 0 heterocycles. The van der Waals surface area contributed by atoms with Gasteiger partial charge in [-0.05, 0) is 29.8 Å². The van der Waals surface area contributed by atoms with Crippen molar-refractivity contribution in [3.05, 3.63) is 65.7 Å². The number of benzene rings is 2. The smallest absolute Gasteiger partial charge is 0.335 e. The molecule has 110 valence electrons. The van der Waals surface area contributed by atoms with Gasteiger partial charge in [0, 0.05) is 16.6 Å². The highest BCUT2D eigenvalue weighted by Crippen LogP contribution is 2.12. The predicted molar refractivity (Wildman–Crippen MR) is 82.1 cm³/mol. The molecule has 0 aromatic heterocycles. The van der Waals surface area contributed by atoms with E-state index < -0.39 is 16.8 Å². The molecule has 2 aromatic rings. The largest absolute Gasteiger partial charge is 0.493 e. The maximum atomic E-state index is 11.9. The molecule has 1 unspecified atom stereocenters. The lowest BCUT2D eigenvalue weighted by molar-refractivity contribution is 0.0697. The number of ether oxygens (including phenoxy) is 1. The minimum absolute atomic E-state index is 0.218. The molecular weight excluding hydrogens is 288 g/mol. The molecule has 1 N–H and O–H groups in total. The van der Waals surface area contributed by atoms with Gasteiger partial charge in [0.2, 0.25) is 0 Å². The highest BCUT2D eigenvalue weighted by atomic mass is 32.2. The Morgan fingerprint density at radius 3 is 2.33 bits per heavy atom. The van der Waals surface area contributed by atoms with Crippen LogP contribution in [0.2, 0.25) is 0 Å². The molecule has 0 bridgehead atoms. The van der Waals surface area contributed by atoms with E-state index >= 15 is 0 Å². The third kappa shape index (κ3) is 5.04. The molecule has 2 aromatic carbocycles. The van der Waals surface area contributed by atoms with E-state index in [4.69, 9.17) is 9.84 Å². The first-order chi connectivity index (χ1) is 10.1. The SMILES string of the molecule is O=C(O)c1ccc(OCCS(=O)Cc2ccccc2)cc1. The van der Waals surface area contributed by atoms with Gasteiger partial charge in [-0.2, -0.15) is 0 Å². The number of carbonyl (C=O) groups is 1. The van der Waals surface area contributed by atoms with Crippen molar-refractivity contribution < 1.29 is 18.8 Å². The van der Waals surface area contributed by atoms with Gasteiger partial charge >= 0.3 is 5.97 Å². The van der Waals surface area contributed by atoms with Crippen LogP contribution in [0.5, 0.6) is 5.75 Å². The summed E-state index contributed by atoms with van der Waals surface area (Å²) in [5.74, 6) is 0.569. The zero-order valence-corrected chi connectivity index (χ0v) is 12.2. The van der Waals surface area contributed by atoms with E-state index in [1.165, 1.54) is 12.1 Å². The quantitative estimate of drug-likeness (QED) is 0.854. The van der Waals surface area contributed by atoms with Gasteiger partial charge in [-0.25, -0.2) is 4.79 Å². The van der Waals surface area contributed by atoms with E-state index in [0.717, 1.165) is 5.56 Å². The number of hydrogen-bond acceptors (Lipinski definition) is 3. The molecule has 4 nitrogen and oxygen atoms in total. The molecule has 0 saturated heterocycles. The maximum absolute atomic E-state index is 11.9. The first-order valence-corrected chi connectivity index (χ1v) is 7.99. The number of aromatic carboxylic acids is 1. The molecule has 1 atom stereocenters. The summed E-state index contributed by atoms with van der Waals surface area (Å²) in [5, 5.41) is 8.78. The van der Waals surface area contributed by atoms with Gasteiger partial charge in [-0.3, -0.25) is 4.21 Å². The van der Waals surface area contributed by atoms with E-state index in [1.807, 2.05) is 30.3 Å². The Kier molecular flexibility index (Phi) is 5.51. The number of carboxylic acids is 1. The first kappa shape index (κ1) is 15.3. The Labute approximate surface area is 125 Å². The lowest BCUT2D eigenvalue weighted by Crippen LogP contribution is -2.10. The van der Waals surface area contributed by atoms with Crippen molar-refractivity contribution in [1.29, 1.82) is 0 Å². The van der Waals surface area contributed by atoms with Crippen LogP contribution in [0.3, 0.4) is 0 Å². The summed E-state index contributed by atoms with van der Waals surface area (Å²) in [7, 11) is -0.975. The lowest BCUT2D eigenvalue weighted by atomic mass is 10.2. The third-order valence-electron chi connectivity index (χ3n) is 2.85. The van der Waals surface area contributed by atoms with Crippen molar-refractivity contribution in [1.82, 2.24) is 0 Å². The van der Waals surface area contributed by atoms with E-state index in [1.54, 1.807) is 12.1 Å². The van der Waals surface area contributed by atoms with Crippen molar-refractivity contribution in [3.8, 4) is 5.75 Å². The van der Waals surface area contributed by atoms with Gasteiger partial charge in [0.1, 0.15) is 5.75 Å². The number of rotatable bonds is 7. The fourth-order valence-electron chi connectivity index (χ4n) is 1.78. The van der Waals surface area contributed by atoms with E-state index in [2.05, 4.69) is 0 Å². The van der Waals surface area contributed by atoms with Crippen LogP contribution >= 0.6 is 0 Å². The summed E-state index contributed by atoms with van der Waals surface area (Å²) < 4.78 is 17.4. The number of carboxylic acid groups (broad SMARTS) is 1. The maximum Gasteiger partial charge on any atom is 0.335 e. The summed E-state index contributed by atoms with van der Waals surface area (Å²) >= 11 is 0. The Bertz CT molecular complexity index is 608. The van der Waals surface area contributed by atoms with Gasteiger partial charge in [0.15, 0.2) is 0 Å². The average Bonchev–Trinajstić information content (AvgIpc) is 2.49. The molecule has 0 fully saturated rings. The minimum atomic E-state index is -0.975. The molecule has 0 saturated carbocycles. The zero-order valence-electron chi connectivity index (χ0n) is 11.4. The van der Waals surface area contributed by atoms with Gasteiger partial charge in [-0.15, -0.1) is 0 Å². The monoisotopic (exact) mass is 304 g/mol. The van der Waals surface area contributed by atoms with Crippen LogP contribution in [0.15, 0.2) is 54.6 Å².